The Morgan fingerprint density at radius 3 is 2.27 bits per heavy atom. The zero-order valence-electron chi connectivity index (χ0n) is 18.5. The molecule has 0 radical (unpaired) electrons. The molecule has 33 heavy (non-hydrogen) atoms. The highest BCUT2D eigenvalue weighted by atomic mass is 16.5. The maximum Gasteiger partial charge on any atom is 0.407 e. The Balaban J connectivity index is 1.27. The fourth-order valence-corrected chi connectivity index (χ4v) is 4.77. The van der Waals surface area contributed by atoms with Gasteiger partial charge in [0.2, 0.25) is 5.91 Å². The summed E-state index contributed by atoms with van der Waals surface area (Å²) in [7, 11) is 1.29. The lowest BCUT2D eigenvalue weighted by Crippen LogP contribution is -2.40. The Bertz CT molecular complexity index is 994. The number of carboxylic acid groups (broad SMARTS) is 1. The second-order valence-electron chi connectivity index (χ2n) is 8.48. The van der Waals surface area contributed by atoms with Crippen LogP contribution >= 0.6 is 0 Å². The van der Waals surface area contributed by atoms with E-state index in [0.717, 1.165) is 11.1 Å². The summed E-state index contributed by atoms with van der Waals surface area (Å²) in [6, 6.07) is 16.2. The second kappa shape index (κ2) is 10.0. The molecule has 2 aromatic carbocycles. The number of carbonyl (C=O) groups excluding carboxylic acids is 2. The van der Waals surface area contributed by atoms with E-state index in [9.17, 15) is 14.4 Å². The van der Waals surface area contributed by atoms with Gasteiger partial charge in [-0.3, -0.25) is 4.79 Å². The number of aliphatic carboxylic acids is 1. The zero-order valence-corrected chi connectivity index (χ0v) is 18.5. The van der Waals surface area contributed by atoms with Crippen LogP contribution in [-0.2, 0) is 19.1 Å². The molecule has 0 bridgehead atoms. The molecule has 0 spiro atoms. The minimum atomic E-state index is -1.13. The van der Waals surface area contributed by atoms with Crippen LogP contribution in [0.3, 0.4) is 0 Å². The first-order valence-corrected chi connectivity index (χ1v) is 11.1. The summed E-state index contributed by atoms with van der Waals surface area (Å²) in [4.78, 5) is 35.8. The van der Waals surface area contributed by atoms with Gasteiger partial charge in [0.25, 0.3) is 0 Å². The highest BCUT2D eigenvalue weighted by Gasteiger charge is 2.33. The Morgan fingerprint density at radius 1 is 1.03 bits per heavy atom. The van der Waals surface area contributed by atoms with Crippen molar-refractivity contribution in [3.8, 4) is 11.1 Å². The van der Waals surface area contributed by atoms with E-state index in [-0.39, 0.29) is 36.9 Å². The first kappa shape index (κ1) is 22.8. The largest absolute Gasteiger partial charge is 0.479 e. The third-order valence-electron chi connectivity index (χ3n) is 6.49. The number of fused-ring (bicyclic) bond motifs is 3. The molecular weight excluding hydrogens is 424 g/mol. The predicted molar refractivity (Wildman–Crippen MR) is 121 cm³/mol. The first-order chi connectivity index (χ1) is 16.0. The molecule has 0 aliphatic heterocycles. The van der Waals surface area contributed by atoms with Crippen LogP contribution in [0.25, 0.3) is 11.1 Å². The number of hydrogen-bond donors (Lipinski definition) is 3. The van der Waals surface area contributed by atoms with E-state index >= 15 is 0 Å². The fourth-order valence-electron chi connectivity index (χ4n) is 4.77. The highest BCUT2D eigenvalue weighted by molar-refractivity contribution is 5.81. The fraction of sp³-hybridized carbons (Fsp3) is 0.400. The van der Waals surface area contributed by atoms with Crippen molar-refractivity contribution in [3.05, 3.63) is 59.7 Å². The molecule has 8 nitrogen and oxygen atoms in total. The standard InChI is InChI=1S/C25H28N2O6/c1-32-22(24(29)30)13-26-23(28)15-10-11-16(12-15)27-25(31)33-14-21-19-8-4-2-6-17(19)18-7-3-5-9-20(18)21/h2-9,15-16,21-22H,10-14H2,1H3,(H,26,28)(H,27,31)(H,29,30)/t15-,16+,22?/m0/s1. The number of hydrogen-bond acceptors (Lipinski definition) is 5. The molecule has 4 rings (SSSR count). The van der Waals surface area contributed by atoms with E-state index in [1.807, 2.05) is 24.3 Å². The average molecular weight is 453 g/mol. The lowest BCUT2D eigenvalue weighted by molar-refractivity contribution is -0.148. The van der Waals surface area contributed by atoms with Crippen molar-refractivity contribution >= 4 is 18.0 Å². The minimum absolute atomic E-state index is 0.00628. The average Bonchev–Trinajstić information content (AvgIpc) is 3.40. The van der Waals surface area contributed by atoms with Gasteiger partial charge in [-0.15, -0.1) is 0 Å². The van der Waals surface area contributed by atoms with Gasteiger partial charge in [-0.1, -0.05) is 48.5 Å². The molecule has 3 atom stereocenters. The molecule has 8 heteroatoms. The van der Waals surface area contributed by atoms with Gasteiger partial charge in [-0.25, -0.2) is 9.59 Å². The number of nitrogens with one attached hydrogen (secondary N) is 2. The number of carboxylic acids is 1. The van der Waals surface area contributed by atoms with Crippen LogP contribution in [0.4, 0.5) is 4.79 Å². The van der Waals surface area contributed by atoms with Crippen molar-refractivity contribution in [1.82, 2.24) is 10.6 Å². The van der Waals surface area contributed by atoms with Gasteiger partial charge < -0.3 is 25.2 Å². The normalized spacial score (nSPS) is 19.9. The molecule has 0 saturated heterocycles. The van der Waals surface area contributed by atoms with Gasteiger partial charge in [0.05, 0.1) is 6.54 Å². The van der Waals surface area contributed by atoms with Crippen molar-refractivity contribution in [2.75, 3.05) is 20.3 Å². The number of benzene rings is 2. The molecule has 0 aromatic heterocycles. The summed E-state index contributed by atoms with van der Waals surface area (Å²) < 4.78 is 10.4. The van der Waals surface area contributed by atoms with E-state index in [4.69, 9.17) is 14.6 Å². The van der Waals surface area contributed by atoms with Crippen LogP contribution < -0.4 is 10.6 Å². The van der Waals surface area contributed by atoms with Gasteiger partial charge in [-0.05, 0) is 41.5 Å². The van der Waals surface area contributed by atoms with Gasteiger partial charge >= 0.3 is 12.1 Å². The van der Waals surface area contributed by atoms with Crippen LogP contribution in [0, 0.1) is 5.92 Å². The molecule has 174 valence electrons. The molecule has 1 unspecified atom stereocenters. The smallest absolute Gasteiger partial charge is 0.407 e. The topological polar surface area (TPSA) is 114 Å². The van der Waals surface area contributed by atoms with E-state index in [1.165, 1.54) is 18.2 Å². The van der Waals surface area contributed by atoms with Crippen LogP contribution in [0.5, 0.6) is 0 Å². The molecule has 3 N–H and O–H groups in total. The number of amides is 2. The third-order valence-corrected chi connectivity index (χ3v) is 6.49. The third kappa shape index (κ3) is 5.01. The Labute approximate surface area is 192 Å². The maximum atomic E-state index is 12.5. The maximum absolute atomic E-state index is 12.5. The SMILES string of the molecule is COC(CNC(=O)[C@H]1CC[C@@H](NC(=O)OCC2c3ccccc3-c3ccccc32)C1)C(=O)O. The van der Waals surface area contributed by atoms with Crippen LogP contribution in [0.2, 0.25) is 0 Å². The number of carbonyl (C=O) groups is 3. The quantitative estimate of drug-likeness (QED) is 0.568. The first-order valence-electron chi connectivity index (χ1n) is 11.1. The van der Waals surface area contributed by atoms with Gasteiger partial charge in [0.1, 0.15) is 6.61 Å². The monoisotopic (exact) mass is 452 g/mol. The molecule has 1 fully saturated rings. The molecule has 2 amide bonds. The van der Waals surface area contributed by atoms with E-state index in [1.54, 1.807) is 0 Å². The van der Waals surface area contributed by atoms with Crippen molar-refractivity contribution in [2.45, 2.75) is 37.3 Å². The Hall–Kier alpha value is -3.39. The molecular formula is C25H28N2O6. The van der Waals surface area contributed by atoms with Crippen molar-refractivity contribution in [1.29, 1.82) is 0 Å². The van der Waals surface area contributed by atoms with Crippen LogP contribution in [0.15, 0.2) is 48.5 Å². The summed E-state index contributed by atoms with van der Waals surface area (Å²) in [6.07, 6.45) is 0.193. The zero-order chi connectivity index (χ0) is 23.4. The lowest BCUT2D eigenvalue weighted by Gasteiger charge is -2.17. The Kier molecular flexibility index (Phi) is 6.93. The lowest BCUT2D eigenvalue weighted by atomic mass is 9.98. The van der Waals surface area contributed by atoms with Crippen LogP contribution in [0.1, 0.15) is 36.3 Å². The molecule has 2 aromatic rings. The molecule has 0 heterocycles. The summed E-state index contributed by atoms with van der Waals surface area (Å²) in [5, 5.41) is 14.5. The van der Waals surface area contributed by atoms with Crippen LogP contribution in [-0.4, -0.2) is 55.5 Å². The van der Waals surface area contributed by atoms with Crippen molar-refractivity contribution in [3.63, 3.8) is 0 Å². The van der Waals surface area contributed by atoms with Gasteiger partial charge in [0, 0.05) is 25.0 Å². The summed E-state index contributed by atoms with van der Waals surface area (Å²) in [5.41, 5.74) is 4.65. The Morgan fingerprint density at radius 2 is 1.67 bits per heavy atom. The van der Waals surface area contributed by atoms with Gasteiger partial charge in [0.15, 0.2) is 6.10 Å². The number of methoxy groups -OCH3 is 1. The molecule has 2 aliphatic carbocycles. The predicted octanol–water partition coefficient (Wildman–Crippen LogP) is 2.91. The number of rotatable bonds is 8. The van der Waals surface area contributed by atoms with Crippen molar-refractivity contribution < 1.29 is 29.0 Å². The van der Waals surface area contributed by atoms with Gasteiger partial charge in [-0.2, -0.15) is 0 Å². The van der Waals surface area contributed by atoms with E-state index in [2.05, 4.69) is 34.9 Å². The second-order valence-corrected chi connectivity index (χ2v) is 8.48. The summed E-state index contributed by atoms with van der Waals surface area (Å²) >= 11 is 0. The molecule has 1 saturated carbocycles. The summed E-state index contributed by atoms with van der Waals surface area (Å²) in [5.74, 6) is -1.64. The summed E-state index contributed by atoms with van der Waals surface area (Å²) in [6.45, 7) is 0.149. The number of ether oxygens (including phenoxy) is 2. The van der Waals surface area contributed by atoms with Crippen molar-refractivity contribution in [2.24, 2.45) is 5.92 Å². The number of alkyl carbamates (subject to hydrolysis) is 1. The van der Waals surface area contributed by atoms with E-state index < -0.39 is 18.2 Å². The highest BCUT2D eigenvalue weighted by Crippen LogP contribution is 2.44. The minimum Gasteiger partial charge on any atom is -0.479 e. The van der Waals surface area contributed by atoms with E-state index in [0.29, 0.717) is 19.3 Å². The molecule has 2 aliphatic rings.